The van der Waals surface area contributed by atoms with Gasteiger partial charge in [0, 0.05) is 19.3 Å². The zero-order chi connectivity index (χ0) is 57.1. The Hall–Kier alpha value is -3.41. The molecular weight excluding hydrogens is 973 g/mol. The topological polar surface area (TPSA) is 78.9 Å². The lowest BCUT2D eigenvalue weighted by Gasteiger charge is -2.18. The van der Waals surface area contributed by atoms with E-state index in [0.717, 1.165) is 109 Å². The molecule has 0 saturated carbocycles. The summed E-state index contributed by atoms with van der Waals surface area (Å²) in [5, 5.41) is 0. The monoisotopic (exact) mass is 1100 g/mol. The molecule has 0 aliphatic rings. The van der Waals surface area contributed by atoms with Crippen LogP contribution >= 0.6 is 0 Å². The van der Waals surface area contributed by atoms with Crippen LogP contribution < -0.4 is 0 Å². The Balaban J connectivity index is 4.14. The molecule has 0 aromatic rings. The van der Waals surface area contributed by atoms with E-state index in [-0.39, 0.29) is 31.1 Å². The first-order chi connectivity index (χ1) is 39.0. The van der Waals surface area contributed by atoms with Crippen molar-refractivity contribution in [2.75, 3.05) is 13.2 Å². The Morgan fingerprint density at radius 3 is 0.810 bits per heavy atom. The molecule has 0 aliphatic carbocycles. The van der Waals surface area contributed by atoms with E-state index in [2.05, 4.69) is 106 Å². The van der Waals surface area contributed by atoms with Crippen LogP contribution in [0.3, 0.4) is 0 Å². The number of esters is 3. The van der Waals surface area contributed by atoms with Crippen LogP contribution in [0, 0.1) is 0 Å². The van der Waals surface area contributed by atoms with Gasteiger partial charge in [0.2, 0.25) is 0 Å². The van der Waals surface area contributed by atoms with Crippen LogP contribution in [0.5, 0.6) is 0 Å². The van der Waals surface area contributed by atoms with Crippen molar-refractivity contribution >= 4 is 17.9 Å². The van der Waals surface area contributed by atoms with Gasteiger partial charge in [-0.05, 0) is 116 Å². The van der Waals surface area contributed by atoms with Crippen molar-refractivity contribution in [3.63, 3.8) is 0 Å². The third-order valence-corrected chi connectivity index (χ3v) is 14.9. The van der Waals surface area contributed by atoms with Crippen molar-refractivity contribution in [2.45, 2.75) is 348 Å². The molecule has 6 nitrogen and oxygen atoms in total. The highest BCUT2D eigenvalue weighted by Crippen LogP contribution is 2.17. The maximum absolute atomic E-state index is 12.9. The summed E-state index contributed by atoms with van der Waals surface area (Å²) in [5.74, 6) is -0.881. The number of carbonyl (C=O) groups excluding carboxylic acids is 3. The molecule has 0 aromatic carbocycles. The third kappa shape index (κ3) is 65.3. The smallest absolute Gasteiger partial charge is 0.306 e. The summed E-state index contributed by atoms with van der Waals surface area (Å²) in [6.45, 7) is 6.52. The van der Waals surface area contributed by atoms with E-state index in [4.69, 9.17) is 14.2 Å². The van der Waals surface area contributed by atoms with Crippen molar-refractivity contribution in [3.8, 4) is 0 Å². The van der Waals surface area contributed by atoms with Crippen LogP contribution in [-0.2, 0) is 28.6 Å². The molecule has 0 rings (SSSR count). The Morgan fingerprint density at radius 2 is 0.494 bits per heavy atom. The molecule has 79 heavy (non-hydrogen) atoms. The molecule has 0 radical (unpaired) electrons. The zero-order valence-corrected chi connectivity index (χ0v) is 52.4. The molecule has 6 heteroatoms. The lowest BCUT2D eigenvalue weighted by atomic mass is 10.0. The van der Waals surface area contributed by atoms with E-state index >= 15 is 0 Å². The standard InChI is InChI=1S/C73H128O6/c1-4-7-10-13-16-19-22-25-27-29-30-31-32-33-34-35-36-37-38-39-40-41-42-43-44-45-47-48-51-54-57-60-63-66-72(75)78-69-70(68-77-71(74)65-62-59-56-53-50-24-21-18-15-12-9-6-3)79-73(76)67-64-61-58-55-52-49-46-28-26-23-20-17-14-11-8-5-2/h7,10,16,18-19,21,25,27-28,30-31,33-34,46,70H,4-6,8-9,11-15,17,20,22-24,26,29,32,35-45,47-69H2,1-3H3/b10-7-,19-16-,21-18-,27-25-,31-30-,34-33-,46-28-. The summed E-state index contributed by atoms with van der Waals surface area (Å²) in [7, 11) is 0. The van der Waals surface area contributed by atoms with Crippen LogP contribution in [0.1, 0.15) is 342 Å². The molecule has 0 spiro atoms. The minimum absolute atomic E-state index is 0.0785. The minimum Gasteiger partial charge on any atom is -0.462 e. The average molecular weight is 1100 g/mol. The molecule has 0 heterocycles. The van der Waals surface area contributed by atoms with Crippen molar-refractivity contribution in [1.29, 1.82) is 0 Å². The molecule has 0 aromatic heterocycles. The molecule has 0 bridgehead atoms. The van der Waals surface area contributed by atoms with Gasteiger partial charge < -0.3 is 14.2 Å². The molecule has 0 N–H and O–H groups in total. The maximum atomic E-state index is 12.9. The molecule has 456 valence electrons. The SMILES string of the molecule is CC/C=C\C/C=C\C/C=C\C/C=C\C/C=C\CCCCCCCCCCCCCCCCCCCC(=O)OCC(COC(=O)CCCCCCC/C=C\CCCCC)OC(=O)CCCCCCC/C=C\CCCCCCCCC. The summed E-state index contributed by atoms with van der Waals surface area (Å²) in [5.41, 5.74) is 0. The predicted molar refractivity (Wildman–Crippen MR) is 344 cm³/mol. The van der Waals surface area contributed by atoms with Crippen molar-refractivity contribution in [1.82, 2.24) is 0 Å². The molecule has 0 aliphatic heterocycles. The van der Waals surface area contributed by atoms with Crippen LogP contribution in [0.15, 0.2) is 85.1 Å². The van der Waals surface area contributed by atoms with Crippen molar-refractivity contribution < 1.29 is 28.6 Å². The lowest BCUT2D eigenvalue weighted by molar-refractivity contribution is -0.167. The van der Waals surface area contributed by atoms with Gasteiger partial charge in [-0.1, -0.05) is 292 Å². The number of ether oxygens (including phenoxy) is 3. The van der Waals surface area contributed by atoms with Gasteiger partial charge in [0.15, 0.2) is 6.10 Å². The van der Waals surface area contributed by atoms with Gasteiger partial charge in [0.25, 0.3) is 0 Å². The second kappa shape index (κ2) is 67.1. The molecule has 1 atom stereocenters. The summed E-state index contributed by atoms with van der Waals surface area (Å²) in [4.78, 5) is 38.3. The molecule has 0 amide bonds. The predicted octanol–water partition coefficient (Wildman–Crippen LogP) is 23.4. The van der Waals surface area contributed by atoms with E-state index in [1.807, 2.05) is 0 Å². The summed E-state index contributed by atoms with van der Waals surface area (Å²) >= 11 is 0. The number of unbranched alkanes of at least 4 members (excludes halogenated alkanes) is 37. The second-order valence-electron chi connectivity index (χ2n) is 22.7. The zero-order valence-electron chi connectivity index (χ0n) is 52.4. The Labute approximate surface area is 490 Å². The van der Waals surface area contributed by atoms with E-state index in [0.29, 0.717) is 19.3 Å². The lowest BCUT2D eigenvalue weighted by Crippen LogP contribution is -2.30. The Bertz CT molecular complexity index is 1500. The first kappa shape index (κ1) is 75.6. The molecule has 0 fully saturated rings. The largest absolute Gasteiger partial charge is 0.462 e. The fourth-order valence-corrected chi connectivity index (χ4v) is 9.76. The number of carbonyl (C=O) groups is 3. The Kier molecular flexibility index (Phi) is 64.2. The maximum Gasteiger partial charge on any atom is 0.306 e. The molecule has 1 unspecified atom stereocenters. The first-order valence-corrected chi connectivity index (χ1v) is 34.1. The second-order valence-corrected chi connectivity index (χ2v) is 22.7. The molecule has 0 saturated heterocycles. The van der Waals surface area contributed by atoms with Gasteiger partial charge in [-0.15, -0.1) is 0 Å². The summed E-state index contributed by atoms with van der Waals surface area (Å²) in [6.07, 6.45) is 89.0. The van der Waals surface area contributed by atoms with E-state index in [9.17, 15) is 14.4 Å². The van der Waals surface area contributed by atoms with Gasteiger partial charge >= 0.3 is 17.9 Å². The highest BCUT2D eigenvalue weighted by Gasteiger charge is 2.19. The van der Waals surface area contributed by atoms with E-state index < -0.39 is 6.10 Å². The fourth-order valence-electron chi connectivity index (χ4n) is 9.76. The quantitative estimate of drug-likeness (QED) is 0.0261. The van der Waals surface area contributed by atoms with Gasteiger partial charge in [-0.3, -0.25) is 14.4 Å². The number of hydrogen-bond donors (Lipinski definition) is 0. The highest BCUT2D eigenvalue weighted by atomic mass is 16.6. The number of hydrogen-bond acceptors (Lipinski definition) is 6. The third-order valence-electron chi connectivity index (χ3n) is 14.9. The van der Waals surface area contributed by atoms with Gasteiger partial charge in [-0.25, -0.2) is 0 Å². The summed E-state index contributed by atoms with van der Waals surface area (Å²) in [6, 6.07) is 0. The van der Waals surface area contributed by atoms with Crippen molar-refractivity contribution in [3.05, 3.63) is 85.1 Å². The Morgan fingerprint density at radius 1 is 0.266 bits per heavy atom. The summed E-state index contributed by atoms with van der Waals surface area (Å²) < 4.78 is 16.9. The number of rotatable bonds is 62. The van der Waals surface area contributed by atoms with E-state index in [1.165, 1.54) is 193 Å². The minimum atomic E-state index is -0.782. The highest BCUT2D eigenvalue weighted by molar-refractivity contribution is 5.71. The average Bonchev–Trinajstić information content (AvgIpc) is 3.45. The van der Waals surface area contributed by atoms with Gasteiger partial charge in [0.1, 0.15) is 13.2 Å². The van der Waals surface area contributed by atoms with Crippen molar-refractivity contribution in [2.24, 2.45) is 0 Å². The van der Waals surface area contributed by atoms with Crippen LogP contribution in [-0.4, -0.2) is 37.2 Å². The fraction of sp³-hybridized carbons (Fsp3) is 0.767. The van der Waals surface area contributed by atoms with Crippen LogP contribution in [0.2, 0.25) is 0 Å². The first-order valence-electron chi connectivity index (χ1n) is 34.1. The van der Waals surface area contributed by atoms with Crippen LogP contribution in [0.4, 0.5) is 0 Å². The normalized spacial score (nSPS) is 12.6. The molecular formula is C73H128O6. The van der Waals surface area contributed by atoms with Gasteiger partial charge in [0.05, 0.1) is 0 Å². The number of allylic oxidation sites excluding steroid dienone is 14. The van der Waals surface area contributed by atoms with Gasteiger partial charge in [-0.2, -0.15) is 0 Å². The van der Waals surface area contributed by atoms with Crippen LogP contribution in [0.25, 0.3) is 0 Å². The van der Waals surface area contributed by atoms with E-state index in [1.54, 1.807) is 0 Å².